The van der Waals surface area contributed by atoms with Gasteiger partial charge < -0.3 is 15.2 Å². The number of rotatable bonds is 5. The van der Waals surface area contributed by atoms with E-state index in [4.69, 9.17) is 23.2 Å². The molecule has 2 unspecified atom stereocenters. The molecule has 2 N–H and O–H groups in total. The monoisotopic (exact) mass is 555 g/mol. The molecule has 3 rings (SSSR count). The number of hydrogen-bond donors (Lipinski definition) is 2. The second-order valence-electron chi connectivity index (χ2n) is 6.98. The second-order valence-corrected chi connectivity index (χ2v) is 8.73. The molecule has 0 spiro atoms. The van der Waals surface area contributed by atoms with Crippen molar-refractivity contribution in [2.24, 2.45) is 18.0 Å². The highest BCUT2D eigenvalue weighted by molar-refractivity contribution is 14.0. The van der Waals surface area contributed by atoms with Crippen LogP contribution < -0.4 is 10.6 Å². The Labute approximate surface area is 198 Å². The van der Waals surface area contributed by atoms with E-state index in [0.29, 0.717) is 28.7 Å². The van der Waals surface area contributed by atoms with Crippen molar-refractivity contribution in [1.29, 1.82) is 0 Å². The van der Waals surface area contributed by atoms with Gasteiger partial charge in [0.2, 0.25) is 0 Å². The van der Waals surface area contributed by atoms with Gasteiger partial charge in [0, 0.05) is 37.3 Å². The first kappa shape index (κ1) is 23.8. The van der Waals surface area contributed by atoms with Crippen molar-refractivity contribution in [3.63, 3.8) is 0 Å². The fraction of sp³-hybridized carbons (Fsp3) is 0.526. The normalized spacial score (nSPS) is 20.7. The van der Waals surface area contributed by atoms with Gasteiger partial charge in [-0.05, 0) is 49.9 Å². The molecule has 0 aliphatic carbocycles. The van der Waals surface area contributed by atoms with E-state index in [1.54, 1.807) is 7.05 Å². The first-order valence-corrected chi connectivity index (χ1v) is 10.8. The number of nitrogens with zero attached hydrogens (tertiary/aromatic N) is 3. The maximum absolute atomic E-state index is 6.14. The Hall–Kier alpha value is -0.480. The van der Waals surface area contributed by atoms with Crippen LogP contribution in [-0.2, 0) is 13.6 Å². The number of hydrogen-bond acceptors (Lipinski definition) is 3. The zero-order chi connectivity index (χ0) is 19.4. The van der Waals surface area contributed by atoms with E-state index in [9.17, 15) is 0 Å². The van der Waals surface area contributed by atoms with Crippen LogP contribution in [0.3, 0.4) is 0 Å². The SMILES string of the molecule is CN=C(NCc1cc(Cl)c(Cl)n1C)NCC1CCCN(C)C1c1cccs1.I. The summed E-state index contributed by atoms with van der Waals surface area (Å²) in [5.41, 5.74) is 1.02. The minimum absolute atomic E-state index is 0. The Morgan fingerprint density at radius 3 is 2.71 bits per heavy atom. The number of guanidine groups is 1. The lowest BCUT2D eigenvalue weighted by Gasteiger charge is -2.39. The van der Waals surface area contributed by atoms with Gasteiger partial charge in [-0.15, -0.1) is 35.3 Å². The molecule has 0 bridgehead atoms. The van der Waals surface area contributed by atoms with E-state index in [0.717, 1.165) is 24.7 Å². The molecule has 0 saturated carbocycles. The molecule has 3 heterocycles. The van der Waals surface area contributed by atoms with Crippen LogP contribution in [0.25, 0.3) is 0 Å². The fourth-order valence-electron chi connectivity index (χ4n) is 3.76. The molecule has 1 saturated heterocycles. The second kappa shape index (κ2) is 11.1. The molecule has 9 heteroatoms. The van der Waals surface area contributed by atoms with Crippen molar-refractivity contribution in [3.8, 4) is 0 Å². The Kier molecular flexibility index (Phi) is 9.40. The van der Waals surface area contributed by atoms with E-state index >= 15 is 0 Å². The van der Waals surface area contributed by atoms with Crippen molar-refractivity contribution in [2.75, 3.05) is 27.2 Å². The van der Waals surface area contributed by atoms with Crippen molar-refractivity contribution in [3.05, 3.63) is 44.3 Å². The number of aromatic nitrogens is 1. The molecular weight excluding hydrogens is 528 g/mol. The Morgan fingerprint density at radius 1 is 1.32 bits per heavy atom. The molecule has 1 aliphatic rings. The Balaban J connectivity index is 0.00000280. The zero-order valence-electron chi connectivity index (χ0n) is 16.4. The molecule has 0 amide bonds. The highest BCUT2D eigenvalue weighted by atomic mass is 127. The van der Waals surface area contributed by atoms with Crippen molar-refractivity contribution in [1.82, 2.24) is 20.1 Å². The molecule has 2 atom stereocenters. The molecule has 28 heavy (non-hydrogen) atoms. The molecule has 0 radical (unpaired) electrons. The predicted octanol–water partition coefficient (Wildman–Crippen LogP) is 4.76. The maximum Gasteiger partial charge on any atom is 0.191 e. The third-order valence-corrected chi connectivity index (χ3v) is 7.03. The largest absolute Gasteiger partial charge is 0.356 e. The van der Waals surface area contributed by atoms with Gasteiger partial charge in [0.1, 0.15) is 5.15 Å². The summed E-state index contributed by atoms with van der Waals surface area (Å²) >= 11 is 14.1. The van der Waals surface area contributed by atoms with E-state index < -0.39 is 0 Å². The van der Waals surface area contributed by atoms with Crippen LogP contribution in [-0.4, -0.2) is 42.6 Å². The Morgan fingerprint density at radius 2 is 2.11 bits per heavy atom. The molecule has 5 nitrogen and oxygen atoms in total. The first-order valence-electron chi connectivity index (χ1n) is 9.19. The Bertz CT molecular complexity index is 778. The fourth-order valence-corrected chi connectivity index (χ4v) is 5.16. The number of piperidine rings is 1. The molecule has 1 aliphatic heterocycles. The summed E-state index contributed by atoms with van der Waals surface area (Å²) < 4.78 is 1.88. The van der Waals surface area contributed by atoms with Crippen LogP contribution in [0.2, 0.25) is 10.2 Å². The lowest BCUT2D eigenvalue weighted by molar-refractivity contribution is 0.125. The van der Waals surface area contributed by atoms with Gasteiger partial charge in [-0.3, -0.25) is 9.89 Å². The third kappa shape index (κ3) is 5.56. The zero-order valence-corrected chi connectivity index (χ0v) is 21.1. The van der Waals surface area contributed by atoms with E-state index in [1.807, 2.05) is 29.0 Å². The summed E-state index contributed by atoms with van der Waals surface area (Å²) in [7, 11) is 5.93. The summed E-state index contributed by atoms with van der Waals surface area (Å²) in [4.78, 5) is 8.28. The minimum atomic E-state index is 0. The van der Waals surface area contributed by atoms with Gasteiger partial charge in [-0.25, -0.2) is 0 Å². The first-order chi connectivity index (χ1) is 13.0. The molecule has 2 aromatic rings. The lowest BCUT2D eigenvalue weighted by Crippen LogP contribution is -2.44. The summed E-state index contributed by atoms with van der Waals surface area (Å²) in [6.45, 7) is 2.66. The standard InChI is InChI=1S/C19H27Cl2N5S.HI/c1-22-19(24-12-14-10-15(20)18(21)26(14)3)23-11-13-6-4-8-25(2)17(13)16-7-5-9-27-16;/h5,7,9-10,13,17H,4,6,8,11-12H2,1-3H3,(H2,22,23,24);1H. The van der Waals surface area contributed by atoms with Gasteiger partial charge in [-0.1, -0.05) is 29.3 Å². The number of aliphatic imine (C=N–C) groups is 1. The summed E-state index contributed by atoms with van der Waals surface area (Å²) in [6.07, 6.45) is 2.46. The van der Waals surface area contributed by atoms with E-state index in [1.165, 1.54) is 17.7 Å². The van der Waals surface area contributed by atoms with Crippen LogP contribution >= 0.6 is 58.5 Å². The highest BCUT2D eigenvalue weighted by Crippen LogP contribution is 2.36. The minimum Gasteiger partial charge on any atom is -0.356 e. The van der Waals surface area contributed by atoms with Gasteiger partial charge in [0.25, 0.3) is 0 Å². The average Bonchev–Trinajstić information content (AvgIpc) is 3.27. The molecule has 1 fully saturated rings. The molecule has 0 aromatic carbocycles. The topological polar surface area (TPSA) is 44.6 Å². The lowest BCUT2D eigenvalue weighted by atomic mass is 9.88. The van der Waals surface area contributed by atoms with Crippen LogP contribution in [0.4, 0.5) is 0 Å². The molecule has 156 valence electrons. The quantitative estimate of drug-likeness (QED) is 0.317. The summed E-state index contributed by atoms with van der Waals surface area (Å²) in [6, 6.07) is 6.74. The number of halogens is 3. The van der Waals surface area contributed by atoms with Gasteiger partial charge >= 0.3 is 0 Å². The maximum atomic E-state index is 6.14. The van der Waals surface area contributed by atoms with Crippen molar-refractivity contribution < 1.29 is 0 Å². The molecule has 2 aromatic heterocycles. The smallest absolute Gasteiger partial charge is 0.191 e. The molecular formula is C19H28Cl2IN5S. The van der Waals surface area contributed by atoms with Crippen LogP contribution in [0.1, 0.15) is 29.5 Å². The van der Waals surface area contributed by atoms with Crippen LogP contribution in [0.5, 0.6) is 0 Å². The number of nitrogens with one attached hydrogen (secondary N) is 2. The summed E-state index contributed by atoms with van der Waals surface area (Å²) in [5.74, 6) is 1.35. The van der Waals surface area contributed by atoms with Crippen molar-refractivity contribution >= 4 is 64.5 Å². The van der Waals surface area contributed by atoms with Gasteiger partial charge in [0.05, 0.1) is 11.6 Å². The summed E-state index contributed by atoms with van der Waals surface area (Å²) in [5, 5.41) is 10.2. The number of likely N-dealkylation sites (tertiary alicyclic amines) is 1. The van der Waals surface area contributed by atoms with E-state index in [2.05, 4.69) is 45.1 Å². The third-order valence-electron chi connectivity index (χ3n) is 5.25. The van der Waals surface area contributed by atoms with Crippen LogP contribution in [0, 0.1) is 5.92 Å². The average molecular weight is 556 g/mol. The predicted molar refractivity (Wildman–Crippen MR) is 131 cm³/mol. The highest BCUT2D eigenvalue weighted by Gasteiger charge is 2.31. The van der Waals surface area contributed by atoms with E-state index in [-0.39, 0.29) is 24.0 Å². The van der Waals surface area contributed by atoms with Crippen LogP contribution in [0.15, 0.2) is 28.6 Å². The van der Waals surface area contributed by atoms with Gasteiger partial charge in [-0.2, -0.15) is 0 Å². The van der Waals surface area contributed by atoms with Gasteiger partial charge in [0.15, 0.2) is 5.96 Å². The number of thiophene rings is 1. The van der Waals surface area contributed by atoms with Crippen molar-refractivity contribution in [2.45, 2.75) is 25.4 Å².